The van der Waals surface area contributed by atoms with Crippen LogP contribution >= 0.6 is 11.3 Å². The van der Waals surface area contributed by atoms with Gasteiger partial charge in [-0.25, -0.2) is 13.1 Å². The van der Waals surface area contributed by atoms with Crippen molar-refractivity contribution in [2.45, 2.75) is 56.2 Å². The van der Waals surface area contributed by atoms with Gasteiger partial charge in [0.1, 0.15) is 4.21 Å². The fourth-order valence-electron chi connectivity index (χ4n) is 3.14. The minimum absolute atomic E-state index is 0.0730. The topological polar surface area (TPSA) is 72.2 Å². The number of rotatable bonds is 6. The van der Waals surface area contributed by atoms with Crippen LogP contribution in [0.2, 0.25) is 0 Å². The molecular weight excluding hydrogens is 304 g/mol. The van der Waals surface area contributed by atoms with Gasteiger partial charge in [-0.05, 0) is 49.8 Å². The molecule has 3 N–H and O–H groups in total. The van der Waals surface area contributed by atoms with Crippen LogP contribution in [0.3, 0.4) is 0 Å². The lowest BCUT2D eigenvalue weighted by atomic mass is 9.78. The monoisotopic (exact) mass is 330 g/mol. The van der Waals surface area contributed by atoms with Crippen LogP contribution in [0, 0.1) is 11.8 Å². The Morgan fingerprint density at radius 3 is 2.71 bits per heavy atom. The first kappa shape index (κ1) is 16.9. The largest absolute Gasteiger partial charge is 0.330 e. The van der Waals surface area contributed by atoms with Gasteiger partial charge in [-0.3, -0.25) is 0 Å². The number of sulfonamides is 1. The van der Waals surface area contributed by atoms with E-state index < -0.39 is 10.0 Å². The highest BCUT2D eigenvalue weighted by molar-refractivity contribution is 7.91. The maximum absolute atomic E-state index is 12.6. The van der Waals surface area contributed by atoms with Crippen LogP contribution in [0.25, 0.3) is 0 Å². The van der Waals surface area contributed by atoms with Crippen LogP contribution in [-0.4, -0.2) is 21.0 Å². The quantitative estimate of drug-likeness (QED) is 0.842. The van der Waals surface area contributed by atoms with E-state index in [1.165, 1.54) is 17.8 Å². The zero-order chi connectivity index (χ0) is 15.5. The number of thiophene rings is 1. The second-order valence-electron chi connectivity index (χ2n) is 6.18. The van der Waals surface area contributed by atoms with Crippen molar-refractivity contribution in [3.63, 3.8) is 0 Å². The third kappa shape index (κ3) is 4.28. The van der Waals surface area contributed by atoms with Gasteiger partial charge in [-0.2, -0.15) is 0 Å². The first-order valence-electron chi connectivity index (χ1n) is 7.75. The maximum atomic E-state index is 12.6. The molecule has 1 saturated carbocycles. The molecule has 21 heavy (non-hydrogen) atoms. The van der Waals surface area contributed by atoms with Crippen molar-refractivity contribution in [1.82, 2.24) is 4.72 Å². The molecule has 6 heteroatoms. The summed E-state index contributed by atoms with van der Waals surface area (Å²) in [6.45, 7) is 4.91. The Kier molecular flexibility index (Phi) is 5.82. The fraction of sp³-hybridized carbons (Fsp3) is 0.733. The number of nitrogens with one attached hydrogen (secondary N) is 1. The average molecular weight is 331 g/mol. The Balaban J connectivity index is 2.11. The van der Waals surface area contributed by atoms with Gasteiger partial charge in [0.05, 0.1) is 0 Å². The van der Waals surface area contributed by atoms with Crippen LogP contribution in [-0.2, 0) is 16.4 Å². The van der Waals surface area contributed by atoms with E-state index in [4.69, 9.17) is 5.73 Å². The highest BCUT2D eigenvalue weighted by atomic mass is 32.2. The molecule has 0 spiro atoms. The van der Waals surface area contributed by atoms with Gasteiger partial charge >= 0.3 is 0 Å². The van der Waals surface area contributed by atoms with Gasteiger partial charge < -0.3 is 5.73 Å². The molecule has 2 rings (SSSR count). The number of hydrogen-bond acceptors (Lipinski definition) is 4. The molecule has 1 aliphatic carbocycles. The van der Waals surface area contributed by atoms with E-state index in [1.807, 2.05) is 6.07 Å². The summed E-state index contributed by atoms with van der Waals surface area (Å²) < 4.78 is 28.5. The Labute approximate surface area is 132 Å². The summed E-state index contributed by atoms with van der Waals surface area (Å²) in [5.41, 5.74) is 5.52. The second kappa shape index (κ2) is 7.22. The average Bonchev–Trinajstić information content (AvgIpc) is 2.88. The molecule has 0 bridgehead atoms. The van der Waals surface area contributed by atoms with Crippen LogP contribution < -0.4 is 10.5 Å². The summed E-state index contributed by atoms with van der Waals surface area (Å²) >= 11 is 1.33. The highest BCUT2D eigenvalue weighted by Gasteiger charge is 2.31. The third-order valence-electron chi connectivity index (χ3n) is 4.27. The van der Waals surface area contributed by atoms with Crippen LogP contribution in [0.4, 0.5) is 0 Å². The fourth-order valence-corrected chi connectivity index (χ4v) is 5.85. The molecule has 4 nitrogen and oxygen atoms in total. The predicted octanol–water partition coefficient (Wildman–Crippen LogP) is 2.74. The molecule has 1 aromatic heterocycles. The van der Waals surface area contributed by atoms with Crippen molar-refractivity contribution in [1.29, 1.82) is 0 Å². The summed E-state index contributed by atoms with van der Waals surface area (Å²) in [7, 11) is -3.40. The molecule has 0 amide bonds. The molecule has 0 aliphatic heterocycles. The van der Waals surface area contributed by atoms with Crippen LogP contribution in [0.1, 0.15) is 44.4 Å². The Morgan fingerprint density at radius 2 is 2.05 bits per heavy atom. The molecule has 0 radical (unpaired) electrons. The van der Waals surface area contributed by atoms with Gasteiger partial charge in [-0.1, -0.05) is 26.7 Å². The highest BCUT2D eigenvalue weighted by Crippen LogP contribution is 2.32. The van der Waals surface area contributed by atoms with E-state index in [9.17, 15) is 8.42 Å². The lowest BCUT2D eigenvalue weighted by Gasteiger charge is -2.34. The van der Waals surface area contributed by atoms with E-state index in [-0.39, 0.29) is 6.04 Å². The van der Waals surface area contributed by atoms with Gasteiger partial charge in [0.25, 0.3) is 0 Å². The zero-order valence-electron chi connectivity index (χ0n) is 12.8. The van der Waals surface area contributed by atoms with Crippen LogP contribution in [0.15, 0.2) is 16.3 Å². The Morgan fingerprint density at radius 1 is 1.33 bits per heavy atom. The predicted molar refractivity (Wildman–Crippen MR) is 88.0 cm³/mol. The smallest absolute Gasteiger partial charge is 0.250 e. The van der Waals surface area contributed by atoms with Crippen LogP contribution in [0.5, 0.6) is 0 Å². The van der Waals surface area contributed by atoms with Crippen molar-refractivity contribution >= 4 is 21.4 Å². The lowest BCUT2D eigenvalue weighted by molar-refractivity contribution is 0.226. The van der Waals surface area contributed by atoms with Crippen molar-refractivity contribution in [2.24, 2.45) is 17.6 Å². The molecular formula is C15H26N2O2S2. The zero-order valence-corrected chi connectivity index (χ0v) is 14.5. The summed E-state index contributed by atoms with van der Waals surface area (Å²) in [4.78, 5) is 1.03. The van der Waals surface area contributed by atoms with E-state index in [0.29, 0.717) is 22.6 Å². The molecule has 0 aromatic carbocycles. The third-order valence-corrected chi connectivity index (χ3v) is 7.40. The first-order valence-corrected chi connectivity index (χ1v) is 10.0. The summed E-state index contributed by atoms with van der Waals surface area (Å²) in [6, 6.07) is 3.64. The number of hydrogen-bond donors (Lipinski definition) is 2. The second-order valence-corrected chi connectivity index (χ2v) is 9.29. The molecule has 1 heterocycles. The normalized spacial score (nSPS) is 23.6. The first-order chi connectivity index (χ1) is 9.94. The van der Waals surface area contributed by atoms with E-state index in [1.54, 1.807) is 6.07 Å². The summed E-state index contributed by atoms with van der Waals surface area (Å²) in [5.74, 6) is 0.950. The van der Waals surface area contributed by atoms with E-state index >= 15 is 0 Å². The standard InChI is InChI=1S/C15H26N2O2S2/c1-11(2)13-5-3-4-6-14(13)17-21(18,19)15-8-7-12(20-15)9-10-16/h7-8,11,13-14,17H,3-6,9-10,16H2,1-2H3. The minimum Gasteiger partial charge on any atom is -0.330 e. The van der Waals surface area contributed by atoms with Gasteiger partial charge in [0.15, 0.2) is 0 Å². The molecule has 1 aromatic rings. The molecule has 120 valence electrons. The van der Waals surface area contributed by atoms with Gasteiger partial charge in [-0.15, -0.1) is 11.3 Å². The van der Waals surface area contributed by atoms with Gasteiger partial charge in [0, 0.05) is 10.9 Å². The summed E-state index contributed by atoms with van der Waals surface area (Å²) in [6.07, 6.45) is 5.12. The summed E-state index contributed by atoms with van der Waals surface area (Å²) in [5, 5.41) is 0. The van der Waals surface area contributed by atoms with E-state index in [0.717, 1.165) is 30.6 Å². The maximum Gasteiger partial charge on any atom is 0.250 e. The molecule has 1 aliphatic rings. The Hall–Kier alpha value is -0.430. The number of nitrogens with two attached hydrogens (primary N) is 1. The van der Waals surface area contributed by atoms with Crippen molar-refractivity contribution in [3.05, 3.63) is 17.0 Å². The van der Waals surface area contributed by atoms with Crippen molar-refractivity contribution in [3.8, 4) is 0 Å². The Bertz CT molecular complexity index is 552. The SMILES string of the molecule is CC(C)C1CCCCC1NS(=O)(=O)c1ccc(CCN)s1. The van der Waals surface area contributed by atoms with Crippen molar-refractivity contribution in [2.75, 3.05) is 6.54 Å². The molecule has 2 unspecified atom stereocenters. The van der Waals surface area contributed by atoms with E-state index in [2.05, 4.69) is 18.6 Å². The molecule has 0 saturated heterocycles. The molecule has 2 atom stereocenters. The minimum atomic E-state index is -3.40. The lowest BCUT2D eigenvalue weighted by Crippen LogP contribution is -2.43. The van der Waals surface area contributed by atoms with Gasteiger partial charge in [0.2, 0.25) is 10.0 Å². The molecule has 1 fully saturated rings. The van der Waals surface area contributed by atoms with Crippen molar-refractivity contribution < 1.29 is 8.42 Å².